The Labute approximate surface area is 112 Å². The van der Waals surface area contributed by atoms with Gasteiger partial charge in [0.05, 0.1) is 0 Å². The molecule has 2 heterocycles. The number of rotatable bonds is 4. The highest BCUT2D eigenvalue weighted by atomic mass is 16.5. The minimum Gasteiger partial charge on any atom is -0.381 e. The minimum atomic E-state index is -0.218. The molecular formula is C14H17N3O2. The highest BCUT2D eigenvalue weighted by Crippen LogP contribution is 2.17. The summed E-state index contributed by atoms with van der Waals surface area (Å²) in [6.45, 7) is 2.29. The molecule has 0 atom stereocenters. The Morgan fingerprint density at radius 1 is 1.47 bits per heavy atom. The average Bonchev–Trinajstić information content (AvgIpc) is 2.48. The molecule has 1 saturated heterocycles. The van der Waals surface area contributed by atoms with Gasteiger partial charge in [0.1, 0.15) is 17.5 Å². The molecule has 0 unspecified atom stereocenters. The van der Waals surface area contributed by atoms with Crippen molar-refractivity contribution in [1.82, 2.24) is 10.3 Å². The molecule has 1 aliphatic heterocycles. The fourth-order valence-corrected chi connectivity index (χ4v) is 2.14. The maximum absolute atomic E-state index is 11.8. The summed E-state index contributed by atoms with van der Waals surface area (Å²) in [6.07, 6.45) is 3.10. The van der Waals surface area contributed by atoms with Crippen LogP contribution in [0.4, 0.5) is 0 Å². The first-order valence-electron chi connectivity index (χ1n) is 6.52. The molecule has 0 bridgehead atoms. The number of hydrogen-bond acceptors (Lipinski definition) is 4. The van der Waals surface area contributed by atoms with Crippen molar-refractivity contribution < 1.29 is 9.53 Å². The minimum absolute atomic E-state index is 0.218. The van der Waals surface area contributed by atoms with Gasteiger partial charge in [-0.15, -0.1) is 0 Å². The van der Waals surface area contributed by atoms with Crippen LogP contribution in [0.1, 0.15) is 35.4 Å². The number of amides is 1. The number of aromatic nitrogens is 1. The number of hydrogen-bond donors (Lipinski definition) is 1. The van der Waals surface area contributed by atoms with Crippen LogP contribution in [0.2, 0.25) is 0 Å². The Bertz CT molecular complexity index is 476. The van der Waals surface area contributed by atoms with Gasteiger partial charge in [-0.2, -0.15) is 5.26 Å². The predicted molar refractivity (Wildman–Crippen MR) is 69.4 cm³/mol. The molecule has 0 saturated carbocycles. The van der Waals surface area contributed by atoms with E-state index >= 15 is 0 Å². The Morgan fingerprint density at radius 2 is 2.26 bits per heavy atom. The summed E-state index contributed by atoms with van der Waals surface area (Å²) in [6, 6.07) is 6.79. The van der Waals surface area contributed by atoms with E-state index in [0.29, 0.717) is 18.2 Å². The van der Waals surface area contributed by atoms with E-state index in [-0.39, 0.29) is 11.6 Å². The monoisotopic (exact) mass is 259 g/mol. The topological polar surface area (TPSA) is 75.0 Å². The predicted octanol–water partition coefficient (Wildman–Crippen LogP) is 1.50. The van der Waals surface area contributed by atoms with Crippen molar-refractivity contribution in [2.45, 2.75) is 19.3 Å². The Kier molecular flexibility index (Phi) is 4.87. The highest BCUT2D eigenvalue weighted by molar-refractivity contribution is 5.92. The Balaban J connectivity index is 1.79. The van der Waals surface area contributed by atoms with Crippen molar-refractivity contribution in [1.29, 1.82) is 5.26 Å². The summed E-state index contributed by atoms with van der Waals surface area (Å²) in [5.41, 5.74) is 0.558. The molecule has 0 aromatic carbocycles. The summed E-state index contributed by atoms with van der Waals surface area (Å²) in [4.78, 5) is 15.8. The lowest BCUT2D eigenvalue weighted by molar-refractivity contribution is 0.0636. The standard InChI is InChI=1S/C14H17N3O2/c15-10-12-2-1-3-13(17-12)14(18)16-7-4-11-5-8-19-9-6-11/h1-3,11H,4-9H2,(H,16,18). The first-order valence-corrected chi connectivity index (χ1v) is 6.52. The number of nitrogens with one attached hydrogen (secondary N) is 1. The smallest absolute Gasteiger partial charge is 0.269 e. The first kappa shape index (κ1) is 13.5. The SMILES string of the molecule is N#Cc1cccc(C(=O)NCCC2CCOCC2)n1. The molecule has 5 nitrogen and oxygen atoms in total. The summed E-state index contributed by atoms with van der Waals surface area (Å²) in [5.74, 6) is 0.414. The van der Waals surface area contributed by atoms with Crippen molar-refractivity contribution in [2.24, 2.45) is 5.92 Å². The van der Waals surface area contributed by atoms with E-state index < -0.39 is 0 Å². The average molecular weight is 259 g/mol. The molecule has 1 aliphatic rings. The van der Waals surface area contributed by atoms with E-state index in [4.69, 9.17) is 10.00 Å². The second-order valence-corrected chi connectivity index (χ2v) is 4.62. The molecule has 1 N–H and O–H groups in total. The largest absolute Gasteiger partial charge is 0.381 e. The van der Waals surface area contributed by atoms with Crippen molar-refractivity contribution in [3.05, 3.63) is 29.6 Å². The van der Waals surface area contributed by atoms with Gasteiger partial charge in [-0.05, 0) is 37.3 Å². The van der Waals surface area contributed by atoms with Crippen LogP contribution in [0, 0.1) is 17.2 Å². The quantitative estimate of drug-likeness (QED) is 0.889. The van der Waals surface area contributed by atoms with Gasteiger partial charge < -0.3 is 10.1 Å². The summed E-state index contributed by atoms with van der Waals surface area (Å²) in [7, 11) is 0. The van der Waals surface area contributed by atoms with E-state index in [2.05, 4.69) is 10.3 Å². The molecule has 1 aromatic rings. The fourth-order valence-electron chi connectivity index (χ4n) is 2.14. The van der Waals surface area contributed by atoms with Gasteiger partial charge in [-0.25, -0.2) is 4.98 Å². The van der Waals surface area contributed by atoms with E-state index in [9.17, 15) is 4.79 Å². The molecule has 2 rings (SSSR count). The number of pyridine rings is 1. The van der Waals surface area contributed by atoms with Gasteiger partial charge >= 0.3 is 0 Å². The number of carbonyl (C=O) groups is 1. The lowest BCUT2D eigenvalue weighted by atomic mass is 9.97. The zero-order valence-electron chi connectivity index (χ0n) is 10.8. The van der Waals surface area contributed by atoms with Crippen LogP contribution in [0.25, 0.3) is 0 Å². The number of carbonyl (C=O) groups excluding carboxylic acids is 1. The maximum atomic E-state index is 11.8. The van der Waals surface area contributed by atoms with E-state index in [0.717, 1.165) is 32.5 Å². The third-order valence-corrected chi connectivity index (χ3v) is 3.28. The number of ether oxygens (including phenoxy) is 1. The fraction of sp³-hybridized carbons (Fsp3) is 0.500. The molecule has 0 radical (unpaired) electrons. The van der Waals surface area contributed by atoms with Crippen LogP contribution in [0.3, 0.4) is 0 Å². The van der Waals surface area contributed by atoms with Crippen LogP contribution in [-0.2, 0) is 4.74 Å². The zero-order valence-corrected chi connectivity index (χ0v) is 10.8. The molecule has 100 valence electrons. The molecule has 0 spiro atoms. The third-order valence-electron chi connectivity index (χ3n) is 3.28. The molecule has 1 aromatic heterocycles. The van der Waals surface area contributed by atoms with Gasteiger partial charge in [0, 0.05) is 19.8 Å². The highest BCUT2D eigenvalue weighted by Gasteiger charge is 2.14. The second-order valence-electron chi connectivity index (χ2n) is 4.62. The van der Waals surface area contributed by atoms with Crippen molar-refractivity contribution >= 4 is 5.91 Å². The van der Waals surface area contributed by atoms with Crippen molar-refractivity contribution in [2.75, 3.05) is 19.8 Å². The van der Waals surface area contributed by atoms with Gasteiger partial charge in [0.25, 0.3) is 5.91 Å². The molecular weight excluding hydrogens is 242 g/mol. The molecule has 19 heavy (non-hydrogen) atoms. The van der Waals surface area contributed by atoms with Crippen LogP contribution >= 0.6 is 0 Å². The van der Waals surface area contributed by atoms with Gasteiger partial charge in [0.15, 0.2) is 0 Å². The van der Waals surface area contributed by atoms with Crippen LogP contribution in [0.5, 0.6) is 0 Å². The van der Waals surface area contributed by atoms with Crippen LogP contribution in [-0.4, -0.2) is 30.6 Å². The van der Waals surface area contributed by atoms with Gasteiger partial charge in [-0.1, -0.05) is 6.07 Å². The number of nitrogens with zero attached hydrogens (tertiary/aromatic N) is 2. The Hall–Kier alpha value is -1.93. The summed E-state index contributed by atoms with van der Waals surface area (Å²) < 4.78 is 5.29. The number of nitriles is 1. The second kappa shape index (κ2) is 6.86. The zero-order chi connectivity index (χ0) is 13.5. The maximum Gasteiger partial charge on any atom is 0.269 e. The summed E-state index contributed by atoms with van der Waals surface area (Å²) >= 11 is 0. The van der Waals surface area contributed by atoms with E-state index in [1.807, 2.05) is 6.07 Å². The third kappa shape index (κ3) is 4.04. The van der Waals surface area contributed by atoms with E-state index in [1.54, 1.807) is 18.2 Å². The summed E-state index contributed by atoms with van der Waals surface area (Å²) in [5, 5.41) is 11.6. The van der Waals surface area contributed by atoms with Crippen LogP contribution in [0.15, 0.2) is 18.2 Å². The molecule has 1 amide bonds. The lowest BCUT2D eigenvalue weighted by Gasteiger charge is -2.21. The van der Waals surface area contributed by atoms with E-state index in [1.165, 1.54) is 0 Å². The lowest BCUT2D eigenvalue weighted by Crippen LogP contribution is -2.28. The van der Waals surface area contributed by atoms with Gasteiger partial charge in [-0.3, -0.25) is 4.79 Å². The first-order chi connectivity index (χ1) is 9.29. The van der Waals surface area contributed by atoms with Crippen LogP contribution < -0.4 is 5.32 Å². The molecule has 5 heteroatoms. The molecule has 0 aliphatic carbocycles. The Morgan fingerprint density at radius 3 is 3.00 bits per heavy atom. The van der Waals surface area contributed by atoms with Gasteiger partial charge in [0.2, 0.25) is 0 Å². The normalized spacial score (nSPS) is 15.7. The van der Waals surface area contributed by atoms with Crippen molar-refractivity contribution in [3.8, 4) is 6.07 Å². The van der Waals surface area contributed by atoms with Crippen molar-refractivity contribution in [3.63, 3.8) is 0 Å². The molecule has 1 fully saturated rings.